The van der Waals surface area contributed by atoms with Crippen LogP contribution in [-0.4, -0.2) is 13.2 Å². The zero-order valence-electron chi connectivity index (χ0n) is 11.6. The van der Waals surface area contributed by atoms with Crippen LogP contribution in [0, 0.1) is 11.3 Å². The molecule has 0 aliphatic rings. The minimum Gasteiger partial charge on any atom is -0.494 e. The van der Waals surface area contributed by atoms with Crippen molar-refractivity contribution in [2.45, 2.75) is 13.0 Å². The molecule has 0 fully saturated rings. The third kappa shape index (κ3) is 5.22. The van der Waals surface area contributed by atoms with Gasteiger partial charge < -0.3 is 9.47 Å². The van der Waals surface area contributed by atoms with Crippen LogP contribution in [0.5, 0.6) is 5.75 Å². The topological polar surface area (TPSA) is 42.2 Å². The van der Waals surface area contributed by atoms with E-state index in [0.717, 1.165) is 22.2 Å². The van der Waals surface area contributed by atoms with E-state index >= 15 is 0 Å². The highest BCUT2D eigenvalue weighted by Gasteiger charge is 1.99. The van der Waals surface area contributed by atoms with Crippen LogP contribution in [-0.2, 0) is 11.3 Å². The summed E-state index contributed by atoms with van der Waals surface area (Å²) in [5.74, 6) is 0.778. The molecule has 0 atom stereocenters. The molecule has 108 valence electrons. The monoisotopic (exact) mass is 345 g/mol. The number of hydrogen-bond acceptors (Lipinski definition) is 3. The van der Waals surface area contributed by atoms with Crippen molar-refractivity contribution in [3.05, 3.63) is 64.1 Å². The lowest BCUT2D eigenvalue weighted by Gasteiger charge is -2.08. The van der Waals surface area contributed by atoms with Crippen molar-refractivity contribution < 1.29 is 9.47 Å². The van der Waals surface area contributed by atoms with Gasteiger partial charge in [-0.2, -0.15) is 5.26 Å². The van der Waals surface area contributed by atoms with Gasteiger partial charge in [-0.3, -0.25) is 0 Å². The highest BCUT2D eigenvalue weighted by atomic mass is 79.9. The second kappa shape index (κ2) is 8.46. The molecule has 0 aromatic heterocycles. The van der Waals surface area contributed by atoms with E-state index in [1.807, 2.05) is 24.3 Å². The van der Waals surface area contributed by atoms with E-state index < -0.39 is 0 Å². The number of rotatable bonds is 7. The molecule has 0 spiro atoms. The molecule has 0 heterocycles. The Hall–Kier alpha value is -1.83. The Labute approximate surface area is 133 Å². The highest BCUT2D eigenvalue weighted by molar-refractivity contribution is 9.10. The number of halogens is 1. The number of ether oxygens (including phenoxy) is 2. The quantitative estimate of drug-likeness (QED) is 0.702. The van der Waals surface area contributed by atoms with Crippen LogP contribution in [0.1, 0.15) is 17.5 Å². The van der Waals surface area contributed by atoms with Gasteiger partial charge in [-0.05, 0) is 35.9 Å². The average molecular weight is 346 g/mol. The smallest absolute Gasteiger partial charge is 0.119 e. The SMILES string of the molecule is N#Cc1ccc(OCCCOCc2ccccc2Br)cc1. The lowest BCUT2D eigenvalue weighted by atomic mass is 10.2. The second-order valence-corrected chi connectivity index (χ2v) is 5.34. The fraction of sp³-hybridized carbons (Fsp3) is 0.235. The Morgan fingerprint density at radius 2 is 1.76 bits per heavy atom. The third-order valence-electron chi connectivity index (χ3n) is 2.90. The summed E-state index contributed by atoms with van der Waals surface area (Å²) in [7, 11) is 0. The van der Waals surface area contributed by atoms with Crippen molar-refractivity contribution in [3.63, 3.8) is 0 Å². The zero-order chi connectivity index (χ0) is 14.9. The zero-order valence-corrected chi connectivity index (χ0v) is 13.2. The molecule has 0 saturated carbocycles. The van der Waals surface area contributed by atoms with Crippen LogP contribution in [0.4, 0.5) is 0 Å². The minimum absolute atomic E-state index is 0.596. The Bertz CT molecular complexity index is 605. The summed E-state index contributed by atoms with van der Waals surface area (Å²) < 4.78 is 12.3. The molecule has 2 aromatic carbocycles. The van der Waals surface area contributed by atoms with Gasteiger partial charge in [-0.25, -0.2) is 0 Å². The van der Waals surface area contributed by atoms with Crippen LogP contribution in [0.25, 0.3) is 0 Å². The van der Waals surface area contributed by atoms with Crippen molar-refractivity contribution in [2.24, 2.45) is 0 Å². The maximum Gasteiger partial charge on any atom is 0.119 e. The Balaban J connectivity index is 1.62. The van der Waals surface area contributed by atoms with Gasteiger partial charge in [0.15, 0.2) is 0 Å². The number of nitriles is 1. The molecule has 0 amide bonds. The summed E-state index contributed by atoms with van der Waals surface area (Å²) in [4.78, 5) is 0. The van der Waals surface area contributed by atoms with Gasteiger partial charge in [0.05, 0.1) is 31.5 Å². The maximum atomic E-state index is 8.70. The lowest BCUT2D eigenvalue weighted by Crippen LogP contribution is -2.03. The molecule has 2 rings (SSSR count). The lowest BCUT2D eigenvalue weighted by molar-refractivity contribution is 0.107. The van der Waals surface area contributed by atoms with E-state index in [4.69, 9.17) is 14.7 Å². The van der Waals surface area contributed by atoms with Gasteiger partial charge in [0.25, 0.3) is 0 Å². The molecular weight excluding hydrogens is 330 g/mol. The summed E-state index contributed by atoms with van der Waals surface area (Å²) >= 11 is 3.49. The van der Waals surface area contributed by atoms with E-state index in [1.165, 1.54) is 0 Å². The first kappa shape index (κ1) is 15.6. The van der Waals surface area contributed by atoms with E-state index in [1.54, 1.807) is 24.3 Å². The van der Waals surface area contributed by atoms with Gasteiger partial charge in [0.2, 0.25) is 0 Å². The minimum atomic E-state index is 0.596. The summed E-state index contributed by atoms with van der Waals surface area (Å²) in [6, 6.07) is 17.2. The Morgan fingerprint density at radius 3 is 2.48 bits per heavy atom. The highest BCUT2D eigenvalue weighted by Crippen LogP contribution is 2.16. The molecule has 0 aliphatic carbocycles. The normalized spacial score (nSPS) is 10.1. The molecule has 0 radical (unpaired) electrons. The molecule has 0 N–H and O–H groups in total. The van der Waals surface area contributed by atoms with Crippen molar-refractivity contribution in [2.75, 3.05) is 13.2 Å². The standard InChI is InChI=1S/C17H16BrNO2/c18-17-5-2-1-4-15(17)13-20-10-3-11-21-16-8-6-14(12-19)7-9-16/h1-2,4-9H,3,10-11,13H2. The number of hydrogen-bond donors (Lipinski definition) is 0. The van der Waals surface area contributed by atoms with E-state index in [0.29, 0.717) is 25.4 Å². The Kier molecular flexibility index (Phi) is 6.26. The van der Waals surface area contributed by atoms with Crippen molar-refractivity contribution in [3.8, 4) is 11.8 Å². The fourth-order valence-corrected chi connectivity index (χ4v) is 2.17. The maximum absolute atomic E-state index is 8.70. The van der Waals surface area contributed by atoms with Crippen LogP contribution in [0.2, 0.25) is 0 Å². The summed E-state index contributed by atoms with van der Waals surface area (Å²) in [5.41, 5.74) is 1.78. The van der Waals surface area contributed by atoms with Gasteiger partial charge in [-0.1, -0.05) is 34.1 Å². The van der Waals surface area contributed by atoms with Crippen LogP contribution in [0.15, 0.2) is 53.0 Å². The predicted molar refractivity (Wildman–Crippen MR) is 85.1 cm³/mol. The first-order chi connectivity index (χ1) is 10.3. The molecule has 21 heavy (non-hydrogen) atoms. The molecule has 2 aromatic rings. The molecule has 4 heteroatoms. The van der Waals surface area contributed by atoms with Gasteiger partial charge in [0, 0.05) is 10.9 Å². The first-order valence-corrected chi connectivity index (χ1v) is 7.53. The first-order valence-electron chi connectivity index (χ1n) is 6.74. The van der Waals surface area contributed by atoms with Crippen LogP contribution < -0.4 is 4.74 Å². The molecular formula is C17H16BrNO2. The largest absolute Gasteiger partial charge is 0.494 e. The molecule has 0 saturated heterocycles. The van der Waals surface area contributed by atoms with E-state index in [9.17, 15) is 0 Å². The van der Waals surface area contributed by atoms with Crippen molar-refractivity contribution in [1.82, 2.24) is 0 Å². The van der Waals surface area contributed by atoms with Crippen LogP contribution in [0.3, 0.4) is 0 Å². The van der Waals surface area contributed by atoms with Gasteiger partial charge in [-0.15, -0.1) is 0 Å². The molecule has 3 nitrogen and oxygen atoms in total. The second-order valence-electron chi connectivity index (χ2n) is 4.48. The third-order valence-corrected chi connectivity index (χ3v) is 3.67. The Morgan fingerprint density at radius 1 is 1.00 bits per heavy atom. The van der Waals surface area contributed by atoms with Gasteiger partial charge in [0.1, 0.15) is 5.75 Å². The summed E-state index contributed by atoms with van der Waals surface area (Å²) in [6.45, 7) is 1.85. The summed E-state index contributed by atoms with van der Waals surface area (Å²) in [5, 5.41) is 8.70. The van der Waals surface area contributed by atoms with Gasteiger partial charge >= 0.3 is 0 Å². The predicted octanol–water partition coefficient (Wildman–Crippen LogP) is 4.31. The number of nitrogens with zero attached hydrogens (tertiary/aromatic N) is 1. The average Bonchev–Trinajstić information content (AvgIpc) is 2.53. The van der Waals surface area contributed by atoms with E-state index in [-0.39, 0.29) is 0 Å². The molecule has 0 aliphatic heterocycles. The summed E-state index contributed by atoms with van der Waals surface area (Å²) in [6.07, 6.45) is 0.824. The fourth-order valence-electron chi connectivity index (χ4n) is 1.77. The molecule has 0 unspecified atom stereocenters. The van der Waals surface area contributed by atoms with Crippen LogP contribution >= 0.6 is 15.9 Å². The van der Waals surface area contributed by atoms with Crippen molar-refractivity contribution >= 4 is 15.9 Å². The van der Waals surface area contributed by atoms with Crippen molar-refractivity contribution in [1.29, 1.82) is 5.26 Å². The van der Waals surface area contributed by atoms with E-state index in [2.05, 4.69) is 22.0 Å². The number of benzene rings is 2. The molecule has 0 bridgehead atoms.